The molecule has 108 valence electrons. The minimum absolute atomic E-state index is 0.327. The Morgan fingerprint density at radius 1 is 1.40 bits per heavy atom. The number of nitrogens with one attached hydrogen (secondary N) is 1. The largest absolute Gasteiger partial charge is 0.392 e. The molecule has 20 heavy (non-hydrogen) atoms. The lowest BCUT2D eigenvalue weighted by molar-refractivity contribution is 0.281. The van der Waals surface area contributed by atoms with Gasteiger partial charge in [-0.2, -0.15) is 0 Å². The fourth-order valence-electron chi connectivity index (χ4n) is 1.75. The van der Waals surface area contributed by atoms with Gasteiger partial charge in [-0.05, 0) is 36.1 Å². The van der Waals surface area contributed by atoms with E-state index in [1.165, 1.54) is 17.4 Å². The van der Waals surface area contributed by atoms with Crippen molar-refractivity contribution in [2.24, 2.45) is 0 Å². The summed E-state index contributed by atoms with van der Waals surface area (Å²) in [5, 5.41) is 10.7. The predicted octanol–water partition coefficient (Wildman–Crippen LogP) is 2.42. The van der Waals surface area contributed by atoms with Crippen molar-refractivity contribution in [3.05, 3.63) is 52.0 Å². The van der Waals surface area contributed by atoms with Gasteiger partial charge in [0.05, 0.1) is 12.6 Å². The Kier molecular flexibility index (Phi) is 4.54. The van der Waals surface area contributed by atoms with Crippen molar-refractivity contribution in [3.8, 4) is 0 Å². The zero-order valence-electron chi connectivity index (χ0n) is 10.7. The molecule has 0 bridgehead atoms. The van der Waals surface area contributed by atoms with E-state index >= 15 is 0 Å². The van der Waals surface area contributed by atoms with Crippen LogP contribution in [0.4, 0.5) is 4.39 Å². The molecule has 4 nitrogen and oxygen atoms in total. The van der Waals surface area contributed by atoms with E-state index in [2.05, 4.69) is 4.72 Å². The number of aliphatic hydroxyl groups excluding tert-OH is 1. The molecule has 1 unspecified atom stereocenters. The van der Waals surface area contributed by atoms with Gasteiger partial charge in [0.2, 0.25) is 10.0 Å². The number of sulfonamides is 1. The normalized spacial score (nSPS) is 13.3. The molecule has 0 amide bonds. The first-order valence-electron chi connectivity index (χ1n) is 5.89. The number of hydrogen-bond donors (Lipinski definition) is 2. The van der Waals surface area contributed by atoms with Crippen molar-refractivity contribution >= 4 is 21.4 Å². The van der Waals surface area contributed by atoms with Gasteiger partial charge in [0, 0.05) is 4.88 Å². The van der Waals surface area contributed by atoms with Gasteiger partial charge in [0.1, 0.15) is 10.7 Å². The Morgan fingerprint density at radius 3 is 2.70 bits per heavy atom. The first kappa shape index (κ1) is 15.1. The molecule has 1 aromatic carbocycles. The molecular formula is C13H14FNO3S2. The highest BCUT2D eigenvalue weighted by Gasteiger charge is 2.22. The number of thiophene rings is 1. The van der Waals surface area contributed by atoms with Crippen LogP contribution in [-0.2, 0) is 16.6 Å². The van der Waals surface area contributed by atoms with Crippen LogP contribution in [0.25, 0.3) is 0 Å². The summed E-state index contributed by atoms with van der Waals surface area (Å²) in [6.45, 7) is 1.36. The Bertz CT molecular complexity index is 684. The van der Waals surface area contributed by atoms with E-state index in [9.17, 15) is 12.8 Å². The van der Waals surface area contributed by atoms with Crippen LogP contribution in [0.2, 0.25) is 0 Å². The molecule has 1 atom stereocenters. The smallest absolute Gasteiger partial charge is 0.244 e. The SMILES string of the molecule is CC(NS(=O)(=O)c1ccc(CO)cc1F)c1cccs1. The number of aliphatic hydroxyl groups is 1. The predicted molar refractivity (Wildman–Crippen MR) is 75.4 cm³/mol. The van der Waals surface area contributed by atoms with Crippen LogP contribution in [0.15, 0.2) is 40.6 Å². The third-order valence-corrected chi connectivity index (χ3v) is 5.40. The van der Waals surface area contributed by atoms with Gasteiger partial charge < -0.3 is 5.11 Å². The summed E-state index contributed by atoms with van der Waals surface area (Å²) < 4.78 is 40.5. The maximum atomic E-state index is 13.8. The second kappa shape index (κ2) is 6.01. The van der Waals surface area contributed by atoms with Crippen molar-refractivity contribution < 1.29 is 17.9 Å². The maximum Gasteiger partial charge on any atom is 0.244 e. The first-order chi connectivity index (χ1) is 9.44. The quantitative estimate of drug-likeness (QED) is 0.890. The van der Waals surface area contributed by atoms with Gasteiger partial charge >= 0.3 is 0 Å². The summed E-state index contributed by atoms with van der Waals surface area (Å²) in [6, 6.07) is 6.75. The first-order valence-corrected chi connectivity index (χ1v) is 8.25. The van der Waals surface area contributed by atoms with Crippen LogP contribution < -0.4 is 4.72 Å². The number of hydrogen-bond acceptors (Lipinski definition) is 4. The van der Waals surface area contributed by atoms with Crippen LogP contribution >= 0.6 is 11.3 Å². The second-order valence-electron chi connectivity index (χ2n) is 4.28. The summed E-state index contributed by atoms with van der Waals surface area (Å²) in [7, 11) is -3.94. The minimum Gasteiger partial charge on any atom is -0.392 e. The monoisotopic (exact) mass is 315 g/mol. The minimum atomic E-state index is -3.94. The van der Waals surface area contributed by atoms with E-state index < -0.39 is 26.8 Å². The Morgan fingerprint density at radius 2 is 2.15 bits per heavy atom. The summed E-state index contributed by atoms with van der Waals surface area (Å²) in [5.41, 5.74) is 0.327. The molecule has 0 spiro atoms. The van der Waals surface area contributed by atoms with Crippen LogP contribution in [0.3, 0.4) is 0 Å². The topological polar surface area (TPSA) is 66.4 Å². The van der Waals surface area contributed by atoms with Crippen LogP contribution in [0.5, 0.6) is 0 Å². The zero-order chi connectivity index (χ0) is 14.8. The van der Waals surface area contributed by atoms with Gasteiger partial charge in [-0.1, -0.05) is 12.1 Å². The van der Waals surface area contributed by atoms with Crippen molar-refractivity contribution in [3.63, 3.8) is 0 Å². The Balaban J connectivity index is 2.27. The summed E-state index contributed by atoms with van der Waals surface area (Å²) >= 11 is 1.42. The van der Waals surface area contributed by atoms with Gasteiger partial charge in [-0.25, -0.2) is 17.5 Å². The summed E-state index contributed by atoms with van der Waals surface area (Å²) in [6.07, 6.45) is 0. The van der Waals surface area contributed by atoms with Crippen molar-refractivity contribution in [2.45, 2.75) is 24.5 Å². The summed E-state index contributed by atoms with van der Waals surface area (Å²) in [4.78, 5) is 0.430. The lowest BCUT2D eigenvalue weighted by Gasteiger charge is -2.13. The molecule has 7 heteroatoms. The molecule has 0 aliphatic rings. The third-order valence-electron chi connectivity index (χ3n) is 2.77. The van der Waals surface area contributed by atoms with E-state index in [0.717, 1.165) is 17.0 Å². The van der Waals surface area contributed by atoms with Crippen LogP contribution in [0, 0.1) is 5.82 Å². The van der Waals surface area contributed by atoms with E-state index in [1.807, 2.05) is 17.5 Å². The molecule has 2 N–H and O–H groups in total. The Hall–Kier alpha value is -1.28. The van der Waals surface area contributed by atoms with Gasteiger partial charge in [0.25, 0.3) is 0 Å². The van der Waals surface area contributed by atoms with Gasteiger partial charge in [-0.15, -0.1) is 11.3 Å². The highest BCUT2D eigenvalue weighted by molar-refractivity contribution is 7.89. The third kappa shape index (κ3) is 3.24. The van der Waals surface area contributed by atoms with Crippen LogP contribution in [0.1, 0.15) is 23.4 Å². The molecule has 2 rings (SSSR count). The fraction of sp³-hybridized carbons (Fsp3) is 0.231. The average Bonchev–Trinajstić information content (AvgIpc) is 2.91. The van der Waals surface area contributed by atoms with E-state index in [-0.39, 0.29) is 6.61 Å². The van der Waals surface area contributed by atoms with Crippen molar-refractivity contribution in [1.29, 1.82) is 0 Å². The summed E-state index contributed by atoms with van der Waals surface area (Å²) in [5.74, 6) is -0.873. The van der Waals surface area contributed by atoms with E-state index in [1.54, 1.807) is 6.92 Å². The lowest BCUT2D eigenvalue weighted by atomic mass is 10.2. The maximum absolute atomic E-state index is 13.8. The van der Waals surface area contributed by atoms with E-state index in [0.29, 0.717) is 5.56 Å². The highest BCUT2D eigenvalue weighted by Crippen LogP contribution is 2.22. The molecule has 1 heterocycles. The Labute approximate surface area is 120 Å². The zero-order valence-corrected chi connectivity index (χ0v) is 12.3. The average molecular weight is 315 g/mol. The van der Waals surface area contributed by atoms with Crippen molar-refractivity contribution in [2.75, 3.05) is 0 Å². The molecule has 0 saturated heterocycles. The highest BCUT2D eigenvalue weighted by atomic mass is 32.2. The molecule has 0 saturated carbocycles. The van der Waals surface area contributed by atoms with Crippen molar-refractivity contribution in [1.82, 2.24) is 4.72 Å². The van der Waals surface area contributed by atoms with Gasteiger partial charge in [0.15, 0.2) is 0 Å². The molecule has 0 fully saturated rings. The lowest BCUT2D eigenvalue weighted by Crippen LogP contribution is -2.27. The van der Waals surface area contributed by atoms with E-state index in [4.69, 9.17) is 5.11 Å². The van der Waals surface area contributed by atoms with Crippen LogP contribution in [-0.4, -0.2) is 13.5 Å². The molecule has 0 aliphatic carbocycles. The molecular weight excluding hydrogens is 301 g/mol. The number of halogens is 1. The second-order valence-corrected chi connectivity index (χ2v) is 6.94. The molecule has 0 aliphatic heterocycles. The fourth-order valence-corrected chi connectivity index (χ4v) is 3.84. The number of benzene rings is 1. The molecule has 2 aromatic rings. The molecule has 1 aromatic heterocycles. The molecule has 0 radical (unpaired) electrons. The standard InChI is InChI=1S/C13H14FNO3S2/c1-9(12-3-2-6-19-12)15-20(17,18)13-5-4-10(8-16)7-11(13)14/h2-7,9,15-16H,8H2,1H3. The number of rotatable bonds is 5. The van der Waals surface area contributed by atoms with Gasteiger partial charge in [-0.3, -0.25) is 0 Å².